The number of unbranched alkanes of at least 4 members (excludes halogenated alkanes) is 12. The third-order valence-corrected chi connectivity index (χ3v) is 8.21. The van der Waals surface area contributed by atoms with Crippen molar-refractivity contribution in [1.82, 2.24) is 0 Å². The quantitative estimate of drug-likeness (QED) is 0.0282. The highest BCUT2D eigenvalue weighted by atomic mass is 16.6. The average Bonchev–Trinajstić information content (AvgIpc) is 3.12. The van der Waals surface area contributed by atoms with Gasteiger partial charge in [0.1, 0.15) is 13.2 Å². The number of esters is 3. The largest absolute Gasteiger partial charge is 0.462 e. The fraction of sp³-hybridized carbons (Fsp3) is 0.667. The lowest BCUT2D eigenvalue weighted by atomic mass is 10.1. The molecule has 0 bridgehead atoms. The van der Waals surface area contributed by atoms with E-state index >= 15 is 0 Å². The number of hydrogen-bond acceptors (Lipinski definition) is 6. The van der Waals surface area contributed by atoms with E-state index in [1.807, 2.05) is 0 Å². The van der Waals surface area contributed by atoms with Crippen LogP contribution in [0.25, 0.3) is 0 Å². The van der Waals surface area contributed by atoms with Crippen LogP contribution < -0.4 is 0 Å². The van der Waals surface area contributed by atoms with Gasteiger partial charge in [-0.3, -0.25) is 14.4 Å². The molecule has 51 heavy (non-hydrogen) atoms. The molecule has 0 fully saturated rings. The molecule has 1 unspecified atom stereocenters. The summed E-state index contributed by atoms with van der Waals surface area (Å²) in [5.74, 6) is -0.999. The van der Waals surface area contributed by atoms with E-state index in [1.54, 1.807) is 0 Å². The number of carbonyl (C=O) groups excluding carboxylic acids is 3. The zero-order valence-electron chi connectivity index (χ0n) is 32.8. The van der Waals surface area contributed by atoms with E-state index in [1.165, 1.54) is 38.5 Å². The topological polar surface area (TPSA) is 78.9 Å². The van der Waals surface area contributed by atoms with Gasteiger partial charge in [-0.2, -0.15) is 0 Å². The van der Waals surface area contributed by atoms with Gasteiger partial charge in [0, 0.05) is 19.3 Å². The van der Waals surface area contributed by atoms with Crippen molar-refractivity contribution >= 4 is 17.9 Å². The van der Waals surface area contributed by atoms with Crippen molar-refractivity contribution in [3.8, 4) is 0 Å². The molecule has 0 saturated heterocycles. The molecule has 0 heterocycles. The number of allylic oxidation sites excluding steroid dienone is 12. The number of hydrogen-bond donors (Lipinski definition) is 0. The highest BCUT2D eigenvalue weighted by Gasteiger charge is 2.19. The Morgan fingerprint density at radius 2 is 0.765 bits per heavy atom. The lowest BCUT2D eigenvalue weighted by Gasteiger charge is -2.18. The molecule has 0 N–H and O–H groups in total. The third kappa shape index (κ3) is 37.9. The number of rotatable bonds is 35. The van der Waals surface area contributed by atoms with E-state index in [9.17, 15) is 14.4 Å². The Morgan fingerprint density at radius 1 is 0.412 bits per heavy atom. The van der Waals surface area contributed by atoms with Gasteiger partial charge in [0.15, 0.2) is 6.10 Å². The van der Waals surface area contributed by atoms with Gasteiger partial charge in [0.2, 0.25) is 0 Å². The van der Waals surface area contributed by atoms with Crippen molar-refractivity contribution in [2.45, 2.75) is 181 Å². The van der Waals surface area contributed by atoms with Gasteiger partial charge in [0.05, 0.1) is 0 Å². The molecular weight excluding hydrogens is 636 g/mol. The van der Waals surface area contributed by atoms with Crippen molar-refractivity contribution in [1.29, 1.82) is 0 Å². The fourth-order valence-corrected chi connectivity index (χ4v) is 5.17. The van der Waals surface area contributed by atoms with Crippen LogP contribution in [0.5, 0.6) is 0 Å². The van der Waals surface area contributed by atoms with E-state index in [0.717, 1.165) is 89.9 Å². The van der Waals surface area contributed by atoms with Gasteiger partial charge < -0.3 is 14.2 Å². The number of carbonyl (C=O) groups is 3. The SMILES string of the molecule is CC/C=C\C/C=C\C/C=C\CCCCC(=O)OCC(COC(=O)CCCCCCCCCCC)OC(=O)CCCC/C=C\C/C=C\C/C=C\CC. The zero-order valence-corrected chi connectivity index (χ0v) is 32.8. The van der Waals surface area contributed by atoms with Crippen LogP contribution in [0.1, 0.15) is 175 Å². The maximum Gasteiger partial charge on any atom is 0.306 e. The first-order valence-corrected chi connectivity index (χ1v) is 20.4. The summed E-state index contributed by atoms with van der Waals surface area (Å²) in [6.45, 7) is 6.28. The molecule has 1 atom stereocenters. The zero-order chi connectivity index (χ0) is 37.3. The number of ether oxygens (including phenoxy) is 3. The smallest absolute Gasteiger partial charge is 0.306 e. The Kier molecular flexibility index (Phi) is 37.2. The molecule has 0 spiro atoms. The second-order valence-corrected chi connectivity index (χ2v) is 13.1. The monoisotopic (exact) mass is 711 g/mol. The highest BCUT2D eigenvalue weighted by Crippen LogP contribution is 2.12. The molecule has 0 rings (SSSR count). The summed E-state index contributed by atoms with van der Waals surface area (Å²) in [5.41, 5.74) is 0. The average molecular weight is 711 g/mol. The highest BCUT2D eigenvalue weighted by molar-refractivity contribution is 5.71. The summed E-state index contributed by atoms with van der Waals surface area (Å²) in [7, 11) is 0. The molecule has 0 amide bonds. The minimum absolute atomic E-state index is 0.103. The molecule has 0 aliphatic carbocycles. The van der Waals surface area contributed by atoms with E-state index in [0.29, 0.717) is 19.3 Å². The van der Waals surface area contributed by atoms with Gasteiger partial charge in [0.25, 0.3) is 0 Å². The first kappa shape index (κ1) is 47.8. The Labute approximate surface area is 312 Å². The lowest BCUT2D eigenvalue weighted by molar-refractivity contribution is -0.167. The second-order valence-electron chi connectivity index (χ2n) is 13.1. The van der Waals surface area contributed by atoms with E-state index in [-0.39, 0.29) is 37.5 Å². The van der Waals surface area contributed by atoms with Crippen LogP contribution in [0.4, 0.5) is 0 Å². The van der Waals surface area contributed by atoms with Gasteiger partial charge >= 0.3 is 17.9 Å². The molecule has 0 aliphatic rings. The van der Waals surface area contributed by atoms with E-state index in [2.05, 4.69) is 93.7 Å². The van der Waals surface area contributed by atoms with Crippen molar-refractivity contribution in [2.75, 3.05) is 13.2 Å². The van der Waals surface area contributed by atoms with Crippen molar-refractivity contribution < 1.29 is 28.6 Å². The molecule has 0 aromatic carbocycles. The minimum Gasteiger partial charge on any atom is -0.462 e. The Morgan fingerprint density at radius 3 is 1.20 bits per heavy atom. The van der Waals surface area contributed by atoms with Gasteiger partial charge in [-0.25, -0.2) is 0 Å². The standard InChI is InChI=1S/C45H74O6/c1-4-7-10-13-16-19-21-23-26-29-32-35-38-44(47)50-41-42(40-49-43(46)37-34-31-28-25-18-15-12-9-6-3)51-45(48)39-36-33-30-27-24-22-20-17-14-11-8-5-2/h7-8,10-11,16-17,19-20,23-24,26-27,42H,4-6,9,12-15,18,21-22,25,28-41H2,1-3H3/b10-7-,11-8-,19-16-,20-17-,26-23-,27-24-. The Hall–Kier alpha value is -3.15. The first-order chi connectivity index (χ1) is 25.0. The van der Waals surface area contributed by atoms with Crippen molar-refractivity contribution in [3.05, 3.63) is 72.9 Å². The molecule has 0 saturated carbocycles. The summed E-state index contributed by atoms with van der Waals surface area (Å²) in [5, 5.41) is 0. The van der Waals surface area contributed by atoms with E-state index < -0.39 is 6.10 Å². The van der Waals surface area contributed by atoms with E-state index in [4.69, 9.17) is 14.2 Å². The maximum absolute atomic E-state index is 12.6. The fourth-order valence-electron chi connectivity index (χ4n) is 5.17. The minimum atomic E-state index is -0.805. The second kappa shape index (κ2) is 39.6. The molecule has 6 heteroatoms. The van der Waals surface area contributed by atoms with Crippen LogP contribution in [-0.4, -0.2) is 37.2 Å². The van der Waals surface area contributed by atoms with Crippen molar-refractivity contribution in [3.63, 3.8) is 0 Å². The van der Waals surface area contributed by atoms with Gasteiger partial charge in [-0.05, 0) is 83.5 Å². The van der Waals surface area contributed by atoms with Crippen LogP contribution in [0.2, 0.25) is 0 Å². The normalized spacial score (nSPS) is 12.8. The van der Waals surface area contributed by atoms with Gasteiger partial charge in [-0.1, -0.05) is 145 Å². The summed E-state index contributed by atoms with van der Waals surface area (Å²) in [4.78, 5) is 37.5. The first-order valence-electron chi connectivity index (χ1n) is 20.4. The van der Waals surface area contributed by atoms with Crippen LogP contribution >= 0.6 is 0 Å². The predicted molar refractivity (Wildman–Crippen MR) is 214 cm³/mol. The third-order valence-electron chi connectivity index (χ3n) is 8.21. The Bertz CT molecular complexity index is 1000. The molecular formula is C45H74O6. The molecule has 0 aliphatic heterocycles. The summed E-state index contributed by atoms with van der Waals surface area (Å²) in [6.07, 6.45) is 47.5. The molecule has 0 aromatic heterocycles. The Balaban J connectivity index is 4.51. The summed E-state index contributed by atoms with van der Waals surface area (Å²) in [6, 6.07) is 0. The molecule has 290 valence electrons. The van der Waals surface area contributed by atoms with Crippen LogP contribution in [0, 0.1) is 0 Å². The summed E-state index contributed by atoms with van der Waals surface area (Å²) >= 11 is 0. The van der Waals surface area contributed by atoms with Gasteiger partial charge in [-0.15, -0.1) is 0 Å². The van der Waals surface area contributed by atoms with Crippen LogP contribution in [0.3, 0.4) is 0 Å². The molecule has 6 nitrogen and oxygen atoms in total. The van der Waals surface area contributed by atoms with Crippen molar-refractivity contribution in [2.24, 2.45) is 0 Å². The molecule has 0 radical (unpaired) electrons. The molecule has 0 aromatic rings. The predicted octanol–water partition coefficient (Wildman–Crippen LogP) is 12.7. The summed E-state index contributed by atoms with van der Waals surface area (Å²) < 4.78 is 16.5. The lowest BCUT2D eigenvalue weighted by Crippen LogP contribution is -2.30. The van der Waals surface area contributed by atoms with Crippen LogP contribution in [0.15, 0.2) is 72.9 Å². The maximum atomic E-state index is 12.6. The van der Waals surface area contributed by atoms with Crippen LogP contribution in [-0.2, 0) is 28.6 Å².